The van der Waals surface area contributed by atoms with Crippen LogP contribution in [0.4, 0.5) is 0 Å². The van der Waals surface area contributed by atoms with Crippen LogP contribution in [0, 0.1) is 13.8 Å². The highest BCUT2D eigenvalue weighted by Gasteiger charge is 2.34. The van der Waals surface area contributed by atoms with Gasteiger partial charge in [0.1, 0.15) is 6.04 Å². The van der Waals surface area contributed by atoms with Gasteiger partial charge in [-0.3, -0.25) is 4.79 Å². The highest BCUT2D eigenvalue weighted by Crippen LogP contribution is 2.25. The van der Waals surface area contributed by atoms with E-state index >= 15 is 0 Å². The fourth-order valence-corrected chi connectivity index (χ4v) is 3.95. The average molecular weight is 389 g/mol. The molecular weight excluding hydrogens is 366 g/mol. The first-order valence-electron chi connectivity index (χ1n) is 9.72. The number of hydrogen-bond donors (Lipinski definition) is 1. The molecule has 0 saturated carbocycles. The molecule has 29 heavy (non-hydrogen) atoms. The summed E-state index contributed by atoms with van der Waals surface area (Å²) in [6, 6.07) is 16.7. The maximum absolute atomic E-state index is 12.7. The first kappa shape index (κ1) is 18.9. The van der Waals surface area contributed by atoms with Gasteiger partial charge in [0.2, 0.25) is 0 Å². The normalized spacial score (nSPS) is 16.2. The fourth-order valence-electron chi connectivity index (χ4n) is 3.95. The summed E-state index contributed by atoms with van der Waals surface area (Å²) in [5.74, 6) is -1.16. The molecule has 0 bridgehead atoms. The van der Waals surface area contributed by atoms with Crippen molar-refractivity contribution in [1.82, 2.24) is 14.7 Å². The zero-order chi connectivity index (χ0) is 20.5. The average Bonchev–Trinajstić information content (AvgIpc) is 3.34. The van der Waals surface area contributed by atoms with Gasteiger partial charge in [-0.2, -0.15) is 5.10 Å². The zero-order valence-electron chi connectivity index (χ0n) is 16.5. The van der Waals surface area contributed by atoms with E-state index in [1.165, 1.54) is 4.90 Å². The molecule has 1 N–H and O–H groups in total. The van der Waals surface area contributed by atoms with Crippen molar-refractivity contribution in [2.24, 2.45) is 0 Å². The number of hydrogen-bond acceptors (Lipinski definition) is 3. The van der Waals surface area contributed by atoms with Gasteiger partial charge in [-0.15, -0.1) is 0 Å². The quantitative estimate of drug-likeness (QED) is 0.736. The molecule has 1 aromatic heterocycles. The number of carbonyl (C=O) groups excluding carboxylic acids is 1. The van der Waals surface area contributed by atoms with Crippen LogP contribution in [0.3, 0.4) is 0 Å². The summed E-state index contributed by atoms with van der Waals surface area (Å²) >= 11 is 0. The highest BCUT2D eigenvalue weighted by molar-refractivity contribution is 5.97. The molecule has 6 nitrogen and oxygen atoms in total. The lowest BCUT2D eigenvalue weighted by Gasteiger charge is -2.21. The second-order valence-electron chi connectivity index (χ2n) is 7.46. The maximum atomic E-state index is 12.7. The Morgan fingerprint density at radius 1 is 1.03 bits per heavy atom. The van der Waals surface area contributed by atoms with Gasteiger partial charge in [-0.1, -0.05) is 24.3 Å². The van der Waals surface area contributed by atoms with Gasteiger partial charge in [-0.25, -0.2) is 9.48 Å². The van der Waals surface area contributed by atoms with Crippen molar-refractivity contribution in [2.45, 2.75) is 32.7 Å². The topological polar surface area (TPSA) is 75.4 Å². The Kier molecular flexibility index (Phi) is 4.92. The van der Waals surface area contributed by atoms with E-state index in [0.717, 1.165) is 34.6 Å². The number of benzene rings is 2. The Bertz CT molecular complexity index is 1070. The summed E-state index contributed by atoms with van der Waals surface area (Å²) < 4.78 is 1.91. The molecule has 148 valence electrons. The minimum atomic E-state index is -0.937. The number of likely N-dealkylation sites (tertiary alicyclic amines) is 1. The third-order valence-corrected chi connectivity index (χ3v) is 5.36. The van der Waals surface area contributed by atoms with Crippen molar-refractivity contribution in [3.05, 3.63) is 71.5 Å². The van der Waals surface area contributed by atoms with Crippen LogP contribution in [0.1, 0.15) is 34.6 Å². The lowest BCUT2D eigenvalue weighted by Crippen LogP contribution is -2.40. The first-order chi connectivity index (χ1) is 13.9. The number of aryl methyl sites for hydroxylation is 2. The van der Waals surface area contributed by atoms with E-state index in [2.05, 4.69) is 11.2 Å². The van der Waals surface area contributed by atoms with Crippen LogP contribution in [-0.4, -0.2) is 44.3 Å². The summed E-state index contributed by atoms with van der Waals surface area (Å²) in [5, 5.41) is 13.8. The molecule has 4 rings (SSSR count). The largest absolute Gasteiger partial charge is 0.480 e. The number of nitrogens with zero attached hydrogens (tertiary/aromatic N) is 3. The molecule has 1 saturated heterocycles. The molecular formula is C23H23N3O3. The summed E-state index contributed by atoms with van der Waals surface area (Å²) in [7, 11) is 0. The molecule has 1 aliphatic rings. The smallest absolute Gasteiger partial charge is 0.326 e. The Morgan fingerprint density at radius 3 is 2.45 bits per heavy atom. The first-order valence-corrected chi connectivity index (χ1v) is 9.72. The number of rotatable bonds is 4. The molecule has 3 aromatic rings. The lowest BCUT2D eigenvalue weighted by molar-refractivity contribution is -0.141. The Labute approximate surface area is 169 Å². The van der Waals surface area contributed by atoms with Gasteiger partial charge in [0.15, 0.2) is 0 Å². The van der Waals surface area contributed by atoms with Gasteiger partial charge >= 0.3 is 5.97 Å². The van der Waals surface area contributed by atoms with Gasteiger partial charge in [0.05, 0.1) is 11.4 Å². The molecule has 6 heteroatoms. The minimum Gasteiger partial charge on any atom is -0.480 e. The Hall–Kier alpha value is -3.41. The van der Waals surface area contributed by atoms with Crippen molar-refractivity contribution in [2.75, 3.05) is 6.54 Å². The lowest BCUT2D eigenvalue weighted by atomic mass is 10.0. The van der Waals surface area contributed by atoms with Crippen LogP contribution in [-0.2, 0) is 4.79 Å². The van der Waals surface area contributed by atoms with E-state index < -0.39 is 12.0 Å². The minimum absolute atomic E-state index is 0.224. The molecule has 0 spiro atoms. The van der Waals surface area contributed by atoms with Crippen molar-refractivity contribution < 1.29 is 14.7 Å². The van der Waals surface area contributed by atoms with E-state index in [0.29, 0.717) is 18.5 Å². The van der Waals surface area contributed by atoms with Crippen LogP contribution in [0.15, 0.2) is 54.6 Å². The van der Waals surface area contributed by atoms with Crippen molar-refractivity contribution in [1.29, 1.82) is 0 Å². The number of carboxylic acid groups (broad SMARTS) is 1. The van der Waals surface area contributed by atoms with Crippen LogP contribution >= 0.6 is 0 Å². The zero-order valence-corrected chi connectivity index (χ0v) is 16.5. The molecule has 1 aliphatic heterocycles. The molecule has 0 aliphatic carbocycles. The predicted octanol–water partition coefficient (Wildman–Crippen LogP) is 3.85. The molecule has 1 fully saturated rings. The Balaban J connectivity index is 1.58. The molecule has 1 atom stereocenters. The summed E-state index contributed by atoms with van der Waals surface area (Å²) in [6.07, 6.45) is 1.23. The summed E-state index contributed by atoms with van der Waals surface area (Å²) in [5.41, 5.74) is 5.54. The number of aliphatic carboxylic acids is 1. The molecule has 1 unspecified atom stereocenters. The monoisotopic (exact) mass is 389 g/mol. The van der Waals surface area contributed by atoms with Crippen molar-refractivity contribution in [3.8, 4) is 16.8 Å². The van der Waals surface area contributed by atoms with E-state index in [-0.39, 0.29) is 5.91 Å². The fraction of sp³-hybridized carbons (Fsp3) is 0.261. The van der Waals surface area contributed by atoms with Crippen LogP contribution in [0.25, 0.3) is 16.8 Å². The third kappa shape index (κ3) is 3.66. The maximum Gasteiger partial charge on any atom is 0.326 e. The van der Waals surface area contributed by atoms with Gasteiger partial charge in [-0.05, 0) is 68.1 Å². The molecule has 2 heterocycles. The van der Waals surface area contributed by atoms with Gasteiger partial charge in [0, 0.05) is 17.8 Å². The van der Waals surface area contributed by atoms with Crippen molar-refractivity contribution >= 4 is 11.9 Å². The van der Waals surface area contributed by atoms with Crippen molar-refractivity contribution in [3.63, 3.8) is 0 Å². The van der Waals surface area contributed by atoms with Crippen LogP contribution < -0.4 is 0 Å². The molecule has 1 amide bonds. The van der Waals surface area contributed by atoms with E-state index in [1.807, 2.05) is 54.9 Å². The van der Waals surface area contributed by atoms with Gasteiger partial charge < -0.3 is 10.0 Å². The number of carbonyl (C=O) groups is 2. The summed E-state index contributed by atoms with van der Waals surface area (Å²) in [6.45, 7) is 4.48. The number of amides is 1. The SMILES string of the molecule is Cc1cc(C)n(-c2cccc(-c3ccc(C(=O)N4CCCC4C(=O)O)cc3)c2)n1. The standard InChI is InChI=1S/C23H23N3O3/c1-15-13-16(2)26(24-15)20-6-3-5-19(14-20)17-8-10-18(11-9-17)22(27)25-12-4-7-21(25)23(28)29/h3,5-6,8-11,13-14,21H,4,7,12H2,1-2H3,(H,28,29). The van der Waals surface area contributed by atoms with E-state index in [4.69, 9.17) is 0 Å². The molecule has 2 aromatic carbocycles. The second-order valence-corrected chi connectivity index (χ2v) is 7.46. The number of carboxylic acids is 1. The predicted molar refractivity (Wildman–Crippen MR) is 110 cm³/mol. The number of aromatic nitrogens is 2. The highest BCUT2D eigenvalue weighted by atomic mass is 16.4. The van der Waals surface area contributed by atoms with Crippen LogP contribution in [0.2, 0.25) is 0 Å². The second kappa shape index (κ2) is 7.54. The van der Waals surface area contributed by atoms with E-state index in [9.17, 15) is 14.7 Å². The van der Waals surface area contributed by atoms with Gasteiger partial charge in [0.25, 0.3) is 5.91 Å². The Morgan fingerprint density at radius 2 is 1.79 bits per heavy atom. The third-order valence-electron chi connectivity index (χ3n) is 5.36. The van der Waals surface area contributed by atoms with Crippen LogP contribution in [0.5, 0.6) is 0 Å². The molecule has 0 radical (unpaired) electrons. The van der Waals surface area contributed by atoms with E-state index in [1.54, 1.807) is 12.1 Å². The summed E-state index contributed by atoms with van der Waals surface area (Å²) in [4.78, 5) is 25.6.